The number of hydrogen-bond acceptors (Lipinski definition) is 3. The Morgan fingerprint density at radius 3 is 2.68 bits per heavy atom. The number of pyridine rings is 1. The summed E-state index contributed by atoms with van der Waals surface area (Å²) in [4.78, 5) is 4.72. The first-order valence-electron chi connectivity index (χ1n) is 6.46. The standard InChI is InChI=1S/C15H16BrNO2/c1-9-8-12-13(16)5-4-11(14(12)17-10(9)2)15-18-6-3-7-19-15/h4-5,8,15H,3,6-7H2,1-2H3. The van der Waals surface area contributed by atoms with Crippen molar-refractivity contribution in [2.75, 3.05) is 13.2 Å². The van der Waals surface area contributed by atoms with E-state index in [1.807, 2.05) is 19.1 Å². The average molecular weight is 322 g/mol. The maximum Gasteiger partial charge on any atom is 0.185 e. The molecule has 0 radical (unpaired) electrons. The van der Waals surface area contributed by atoms with Crippen molar-refractivity contribution in [2.24, 2.45) is 0 Å². The fourth-order valence-corrected chi connectivity index (χ4v) is 2.73. The van der Waals surface area contributed by atoms with Crippen molar-refractivity contribution < 1.29 is 9.47 Å². The molecule has 2 aromatic rings. The molecule has 1 aromatic heterocycles. The van der Waals surface area contributed by atoms with E-state index in [1.54, 1.807) is 0 Å². The van der Waals surface area contributed by atoms with Crippen molar-refractivity contribution in [2.45, 2.75) is 26.6 Å². The molecule has 0 spiro atoms. The lowest BCUT2D eigenvalue weighted by Gasteiger charge is -2.24. The smallest absolute Gasteiger partial charge is 0.185 e. The number of hydrogen-bond donors (Lipinski definition) is 0. The zero-order valence-electron chi connectivity index (χ0n) is 11.1. The molecule has 4 heteroatoms. The van der Waals surface area contributed by atoms with Gasteiger partial charge in [-0.3, -0.25) is 4.98 Å². The van der Waals surface area contributed by atoms with Gasteiger partial charge in [0, 0.05) is 21.1 Å². The third-order valence-electron chi connectivity index (χ3n) is 3.49. The number of ether oxygens (including phenoxy) is 2. The lowest BCUT2D eigenvalue weighted by Crippen LogP contribution is -2.18. The molecule has 100 valence electrons. The predicted molar refractivity (Wildman–Crippen MR) is 78.2 cm³/mol. The van der Waals surface area contributed by atoms with E-state index >= 15 is 0 Å². The number of benzene rings is 1. The molecule has 1 saturated heterocycles. The third-order valence-corrected chi connectivity index (χ3v) is 4.18. The van der Waals surface area contributed by atoms with Gasteiger partial charge in [-0.1, -0.05) is 22.0 Å². The Kier molecular flexibility index (Phi) is 3.56. The lowest BCUT2D eigenvalue weighted by molar-refractivity contribution is -0.182. The monoisotopic (exact) mass is 321 g/mol. The Bertz CT molecular complexity index is 621. The van der Waals surface area contributed by atoms with Crippen molar-refractivity contribution in [3.05, 3.63) is 39.5 Å². The summed E-state index contributed by atoms with van der Waals surface area (Å²) >= 11 is 3.59. The third kappa shape index (κ3) is 2.40. The lowest BCUT2D eigenvalue weighted by atomic mass is 10.1. The van der Waals surface area contributed by atoms with Gasteiger partial charge >= 0.3 is 0 Å². The van der Waals surface area contributed by atoms with Gasteiger partial charge in [0.1, 0.15) is 0 Å². The van der Waals surface area contributed by atoms with Crippen LogP contribution in [0, 0.1) is 13.8 Å². The zero-order valence-corrected chi connectivity index (χ0v) is 12.7. The van der Waals surface area contributed by atoms with Gasteiger partial charge in [0.05, 0.1) is 18.7 Å². The van der Waals surface area contributed by atoms with E-state index in [0.29, 0.717) is 0 Å². The molecule has 19 heavy (non-hydrogen) atoms. The molecular weight excluding hydrogens is 306 g/mol. The highest BCUT2D eigenvalue weighted by Gasteiger charge is 2.20. The molecule has 1 aromatic carbocycles. The summed E-state index contributed by atoms with van der Waals surface area (Å²) in [6.45, 7) is 5.59. The maximum absolute atomic E-state index is 5.70. The van der Waals surface area contributed by atoms with Gasteiger partial charge in [-0.2, -0.15) is 0 Å². The molecule has 0 saturated carbocycles. The Morgan fingerprint density at radius 1 is 1.21 bits per heavy atom. The van der Waals surface area contributed by atoms with Gasteiger partial charge < -0.3 is 9.47 Å². The van der Waals surface area contributed by atoms with Crippen LogP contribution in [0.4, 0.5) is 0 Å². The van der Waals surface area contributed by atoms with Crippen LogP contribution < -0.4 is 0 Å². The fourth-order valence-electron chi connectivity index (χ4n) is 2.30. The van der Waals surface area contributed by atoms with Crippen LogP contribution in [0.15, 0.2) is 22.7 Å². The SMILES string of the molecule is Cc1cc2c(Br)ccc(C3OCCCO3)c2nc1C. The normalized spacial score (nSPS) is 17.0. The van der Waals surface area contributed by atoms with Crippen molar-refractivity contribution in [1.82, 2.24) is 4.98 Å². The number of aromatic nitrogens is 1. The highest BCUT2D eigenvalue weighted by Crippen LogP contribution is 2.33. The Morgan fingerprint density at radius 2 is 1.95 bits per heavy atom. The van der Waals surface area contributed by atoms with E-state index in [1.165, 1.54) is 5.56 Å². The van der Waals surface area contributed by atoms with Crippen LogP contribution in [0.3, 0.4) is 0 Å². The van der Waals surface area contributed by atoms with Crippen molar-refractivity contribution in [3.8, 4) is 0 Å². The van der Waals surface area contributed by atoms with Gasteiger partial charge in [-0.05, 0) is 38.0 Å². The molecule has 3 nitrogen and oxygen atoms in total. The first kappa shape index (κ1) is 13.0. The number of nitrogens with zero attached hydrogens (tertiary/aromatic N) is 1. The predicted octanol–water partition coefficient (Wildman–Crippen LogP) is 4.05. The number of halogens is 1. The minimum absolute atomic E-state index is 0.293. The summed E-state index contributed by atoms with van der Waals surface area (Å²) in [5.41, 5.74) is 4.21. The largest absolute Gasteiger partial charge is 0.348 e. The second-order valence-electron chi connectivity index (χ2n) is 4.85. The molecule has 1 aliphatic rings. The summed E-state index contributed by atoms with van der Waals surface area (Å²) in [5.74, 6) is 0. The number of rotatable bonds is 1. The highest BCUT2D eigenvalue weighted by molar-refractivity contribution is 9.10. The van der Waals surface area contributed by atoms with Gasteiger partial charge in [0.25, 0.3) is 0 Å². The van der Waals surface area contributed by atoms with Crippen LogP contribution in [-0.4, -0.2) is 18.2 Å². The van der Waals surface area contributed by atoms with Crippen molar-refractivity contribution >= 4 is 26.8 Å². The molecule has 0 aliphatic carbocycles. The molecule has 1 aliphatic heterocycles. The Hall–Kier alpha value is -0.970. The quantitative estimate of drug-likeness (QED) is 0.794. The molecule has 0 N–H and O–H groups in total. The van der Waals surface area contributed by atoms with Crippen LogP contribution >= 0.6 is 15.9 Å². The van der Waals surface area contributed by atoms with E-state index in [0.717, 1.165) is 46.3 Å². The molecule has 0 amide bonds. The van der Waals surface area contributed by atoms with Crippen molar-refractivity contribution in [1.29, 1.82) is 0 Å². The Balaban J connectivity index is 2.19. The van der Waals surface area contributed by atoms with E-state index in [2.05, 4.69) is 28.9 Å². The van der Waals surface area contributed by atoms with Crippen LogP contribution in [0.1, 0.15) is 29.5 Å². The van der Waals surface area contributed by atoms with Crippen LogP contribution in [-0.2, 0) is 9.47 Å². The summed E-state index contributed by atoms with van der Waals surface area (Å²) < 4.78 is 12.5. The van der Waals surface area contributed by atoms with Gasteiger partial charge in [-0.25, -0.2) is 0 Å². The molecule has 1 fully saturated rings. The van der Waals surface area contributed by atoms with E-state index in [-0.39, 0.29) is 6.29 Å². The van der Waals surface area contributed by atoms with Crippen molar-refractivity contribution in [3.63, 3.8) is 0 Å². The highest BCUT2D eigenvalue weighted by atomic mass is 79.9. The minimum atomic E-state index is -0.293. The zero-order chi connectivity index (χ0) is 13.4. The summed E-state index contributed by atoms with van der Waals surface area (Å²) in [6.07, 6.45) is 0.662. The van der Waals surface area contributed by atoms with Gasteiger partial charge in [-0.15, -0.1) is 0 Å². The maximum atomic E-state index is 5.70. The van der Waals surface area contributed by atoms with Gasteiger partial charge in [0.2, 0.25) is 0 Å². The van der Waals surface area contributed by atoms with E-state index in [4.69, 9.17) is 14.5 Å². The molecule has 3 rings (SSSR count). The first-order valence-corrected chi connectivity index (χ1v) is 7.25. The molecule has 2 heterocycles. The first-order chi connectivity index (χ1) is 9.16. The summed E-state index contributed by atoms with van der Waals surface area (Å²) in [7, 11) is 0. The second kappa shape index (κ2) is 5.19. The number of aryl methyl sites for hydroxylation is 2. The average Bonchev–Trinajstić information content (AvgIpc) is 2.42. The fraction of sp³-hybridized carbons (Fsp3) is 0.400. The molecule has 0 atom stereocenters. The molecule has 0 bridgehead atoms. The topological polar surface area (TPSA) is 31.4 Å². The number of fused-ring (bicyclic) bond motifs is 1. The Labute approximate surface area is 121 Å². The van der Waals surface area contributed by atoms with E-state index in [9.17, 15) is 0 Å². The summed E-state index contributed by atoms with van der Waals surface area (Å²) in [6, 6.07) is 6.23. The second-order valence-corrected chi connectivity index (χ2v) is 5.70. The minimum Gasteiger partial charge on any atom is -0.348 e. The molecular formula is C15H16BrNO2. The van der Waals surface area contributed by atoms with Crippen LogP contribution in [0.2, 0.25) is 0 Å². The van der Waals surface area contributed by atoms with E-state index < -0.39 is 0 Å². The summed E-state index contributed by atoms with van der Waals surface area (Å²) in [5, 5.41) is 1.11. The molecule has 0 unspecified atom stereocenters. The van der Waals surface area contributed by atoms with Gasteiger partial charge in [0.15, 0.2) is 6.29 Å². The van der Waals surface area contributed by atoms with Crippen LogP contribution in [0.25, 0.3) is 10.9 Å². The van der Waals surface area contributed by atoms with Crippen LogP contribution in [0.5, 0.6) is 0 Å².